The Morgan fingerprint density at radius 2 is 1.92 bits per heavy atom. The number of hydrogen-bond donors (Lipinski definition) is 1. The van der Waals surface area contributed by atoms with Crippen LogP contribution in [0.5, 0.6) is 11.5 Å². The first kappa shape index (κ1) is 19.3. The summed E-state index contributed by atoms with van der Waals surface area (Å²) >= 11 is 9.26. The molecule has 134 valence electrons. The number of amides is 1. The van der Waals surface area contributed by atoms with E-state index in [1.165, 1.54) is 13.2 Å². The summed E-state index contributed by atoms with van der Waals surface area (Å²) in [4.78, 5) is 12.6. The van der Waals surface area contributed by atoms with Gasteiger partial charge in [0.25, 0.3) is 0 Å². The molecule has 0 unspecified atom stereocenters. The van der Waals surface area contributed by atoms with Gasteiger partial charge in [0.1, 0.15) is 11.5 Å². The van der Waals surface area contributed by atoms with Crippen LogP contribution < -0.4 is 14.4 Å². The minimum Gasteiger partial charge on any atom is -0.497 e. The summed E-state index contributed by atoms with van der Waals surface area (Å²) in [5.41, 5.74) is 0.686. The molecule has 0 atom stereocenters. The van der Waals surface area contributed by atoms with Crippen LogP contribution in [0, 0.1) is 0 Å². The average Bonchev–Trinajstić information content (AvgIpc) is 2.56. The summed E-state index contributed by atoms with van der Waals surface area (Å²) in [6.45, 7) is -3.08. The van der Waals surface area contributed by atoms with Gasteiger partial charge in [-0.1, -0.05) is 23.7 Å². The van der Waals surface area contributed by atoms with E-state index in [1.807, 2.05) is 0 Å². The second-order valence-electron chi connectivity index (χ2n) is 4.83. The molecule has 25 heavy (non-hydrogen) atoms. The molecule has 0 spiro atoms. The van der Waals surface area contributed by atoms with Crippen LogP contribution in [-0.4, -0.2) is 24.9 Å². The van der Waals surface area contributed by atoms with Crippen LogP contribution in [0.25, 0.3) is 0 Å². The lowest BCUT2D eigenvalue weighted by Crippen LogP contribution is -2.29. The highest BCUT2D eigenvalue weighted by Crippen LogP contribution is 2.38. The largest absolute Gasteiger partial charge is 0.497 e. The van der Waals surface area contributed by atoms with E-state index in [4.69, 9.17) is 16.3 Å². The molecule has 5 nitrogen and oxygen atoms in total. The van der Waals surface area contributed by atoms with Crippen molar-refractivity contribution in [2.24, 2.45) is 0 Å². The number of ether oxygens (including phenoxy) is 2. The van der Waals surface area contributed by atoms with Gasteiger partial charge in [0.15, 0.2) is 0 Å². The van der Waals surface area contributed by atoms with Crippen LogP contribution in [-0.2, 0) is 6.54 Å². The summed E-state index contributed by atoms with van der Waals surface area (Å²) in [5, 5.41) is 9.58. The lowest BCUT2D eigenvalue weighted by Gasteiger charge is -2.22. The number of halogens is 4. The fraction of sp³-hybridized carbons (Fsp3) is 0.188. The molecule has 0 aliphatic rings. The second kappa shape index (κ2) is 8.35. The van der Waals surface area contributed by atoms with Crippen LogP contribution >= 0.6 is 27.5 Å². The number of carbonyl (C=O) groups is 1. The van der Waals surface area contributed by atoms with Gasteiger partial charge in [0, 0.05) is 10.5 Å². The minimum atomic E-state index is -3.04. The van der Waals surface area contributed by atoms with Crippen molar-refractivity contribution in [2.75, 3.05) is 12.0 Å². The third-order valence-corrected chi connectivity index (χ3v) is 4.48. The average molecular weight is 437 g/mol. The van der Waals surface area contributed by atoms with Crippen LogP contribution in [0.3, 0.4) is 0 Å². The lowest BCUT2D eigenvalue weighted by atomic mass is 10.2. The van der Waals surface area contributed by atoms with Crippen molar-refractivity contribution in [3.8, 4) is 11.5 Å². The topological polar surface area (TPSA) is 59.0 Å². The van der Waals surface area contributed by atoms with Gasteiger partial charge in [0.2, 0.25) is 0 Å². The predicted molar refractivity (Wildman–Crippen MR) is 93.0 cm³/mol. The van der Waals surface area contributed by atoms with Gasteiger partial charge in [-0.3, -0.25) is 4.90 Å². The molecule has 0 heterocycles. The molecule has 0 saturated heterocycles. The van der Waals surface area contributed by atoms with E-state index in [1.54, 1.807) is 24.3 Å². The maximum atomic E-state index is 12.5. The summed E-state index contributed by atoms with van der Waals surface area (Å²) in [5.74, 6) is 0.418. The highest BCUT2D eigenvalue weighted by Gasteiger charge is 2.21. The lowest BCUT2D eigenvalue weighted by molar-refractivity contribution is -0.0498. The van der Waals surface area contributed by atoms with E-state index in [2.05, 4.69) is 20.7 Å². The minimum absolute atomic E-state index is 0.0232. The van der Waals surface area contributed by atoms with E-state index in [9.17, 15) is 18.7 Å². The molecule has 0 bridgehead atoms. The first-order valence-corrected chi connectivity index (χ1v) is 8.06. The third-order valence-electron chi connectivity index (χ3n) is 3.23. The molecule has 1 amide bonds. The van der Waals surface area contributed by atoms with E-state index in [0.29, 0.717) is 11.3 Å². The second-order valence-corrected chi connectivity index (χ2v) is 6.07. The molecular weight excluding hydrogens is 424 g/mol. The van der Waals surface area contributed by atoms with Crippen molar-refractivity contribution >= 4 is 39.3 Å². The normalized spacial score (nSPS) is 10.6. The molecule has 2 rings (SSSR count). The SMILES string of the molecule is COc1ccc(CN(C(=O)O)c2cc(OC(F)F)cc(Br)c2Cl)cc1. The number of anilines is 1. The first-order chi connectivity index (χ1) is 11.8. The van der Waals surface area contributed by atoms with Gasteiger partial charge in [-0.25, -0.2) is 4.79 Å². The number of rotatable bonds is 6. The van der Waals surface area contributed by atoms with Crippen molar-refractivity contribution in [1.29, 1.82) is 0 Å². The number of alkyl halides is 2. The number of hydrogen-bond acceptors (Lipinski definition) is 3. The van der Waals surface area contributed by atoms with Crippen LogP contribution in [0.15, 0.2) is 40.9 Å². The maximum Gasteiger partial charge on any atom is 0.412 e. The van der Waals surface area contributed by atoms with Crippen LogP contribution in [0.1, 0.15) is 5.56 Å². The molecule has 1 N–H and O–H groups in total. The van der Waals surface area contributed by atoms with Gasteiger partial charge in [0.05, 0.1) is 24.4 Å². The molecule has 0 fully saturated rings. The zero-order chi connectivity index (χ0) is 18.6. The molecule has 0 aliphatic carbocycles. The highest BCUT2D eigenvalue weighted by molar-refractivity contribution is 9.10. The number of nitrogens with zero attached hydrogens (tertiary/aromatic N) is 1. The van der Waals surface area contributed by atoms with E-state index in [-0.39, 0.29) is 27.5 Å². The van der Waals surface area contributed by atoms with Gasteiger partial charge in [-0.2, -0.15) is 8.78 Å². The zero-order valence-corrected chi connectivity index (χ0v) is 15.2. The summed E-state index contributed by atoms with van der Waals surface area (Å²) in [6, 6.07) is 9.14. The van der Waals surface area contributed by atoms with Gasteiger partial charge >= 0.3 is 12.7 Å². The highest BCUT2D eigenvalue weighted by atomic mass is 79.9. The fourth-order valence-electron chi connectivity index (χ4n) is 2.09. The summed E-state index contributed by atoms with van der Waals surface area (Å²) in [6.07, 6.45) is -1.29. The van der Waals surface area contributed by atoms with Crippen molar-refractivity contribution in [3.63, 3.8) is 0 Å². The standard InChI is InChI=1S/C16H13BrClF2NO4/c1-24-10-4-2-9(3-5-10)8-21(16(22)23)13-7-11(25-15(19)20)6-12(17)14(13)18/h2-7,15H,8H2,1H3,(H,22,23). The Bertz CT molecular complexity index is 759. The Labute approximate surface area is 155 Å². The summed E-state index contributed by atoms with van der Waals surface area (Å²) < 4.78 is 34.5. The monoisotopic (exact) mass is 435 g/mol. The quantitative estimate of drug-likeness (QED) is 0.659. The van der Waals surface area contributed by atoms with Crippen molar-refractivity contribution < 1.29 is 28.2 Å². The Morgan fingerprint density at radius 1 is 1.28 bits per heavy atom. The fourth-order valence-corrected chi connectivity index (χ4v) is 2.73. The van der Waals surface area contributed by atoms with Crippen molar-refractivity contribution in [2.45, 2.75) is 13.2 Å². The van der Waals surface area contributed by atoms with Gasteiger partial charge in [-0.15, -0.1) is 0 Å². The zero-order valence-electron chi connectivity index (χ0n) is 12.9. The molecule has 0 radical (unpaired) electrons. The van der Waals surface area contributed by atoms with Crippen LogP contribution in [0.4, 0.5) is 19.3 Å². The smallest absolute Gasteiger partial charge is 0.412 e. The number of carboxylic acid groups (broad SMARTS) is 1. The molecule has 9 heteroatoms. The Balaban J connectivity index is 2.38. The molecule has 0 saturated carbocycles. The Hall–Kier alpha value is -2.06. The van der Waals surface area contributed by atoms with Gasteiger partial charge in [-0.05, 0) is 39.7 Å². The predicted octanol–water partition coefficient (Wildman–Crippen LogP) is 5.40. The number of methoxy groups -OCH3 is 1. The first-order valence-electron chi connectivity index (χ1n) is 6.89. The molecule has 2 aromatic carbocycles. The van der Waals surface area contributed by atoms with E-state index < -0.39 is 12.7 Å². The summed E-state index contributed by atoms with van der Waals surface area (Å²) in [7, 11) is 1.52. The molecule has 0 aromatic heterocycles. The molecule has 2 aromatic rings. The Kier molecular flexibility index (Phi) is 6.44. The molecular formula is C16H13BrClF2NO4. The van der Waals surface area contributed by atoms with Crippen molar-refractivity contribution in [1.82, 2.24) is 0 Å². The third kappa shape index (κ3) is 4.96. The maximum absolute atomic E-state index is 12.5. The number of benzene rings is 2. The van der Waals surface area contributed by atoms with Crippen molar-refractivity contribution in [3.05, 3.63) is 51.5 Å². The molecule has 0 aliphatic heterocycles. The van der Waals surface area contributed by atoms with E-state index in [0.717, 1.165) is 11.0 Å². The van der Waals surface area contributed by atoms with E-state index >= 15 is 0 Å². The van der Waals surface area contributed by atoms with Gasteiger partial charge < -0.3 is 14.6 Å². The van der Waals surface area contributed by atoms with Crippen LogP contribution in [0.2, 0.25) is 5.02 Å². The Morgan fingerprint density at radius 3 is 2.44 bits per heavy atom.